The predicted molar refractivity (Wildman–Crippen MR) is 42.2 cm³/mol. The van der Waals surface area contributed by atoms with Crippen molar-refractivity contribution in [2.45, 2.75) is 19.4 Å². The minimum atomic E-state index is -0.296. The largest absolute Gasteiger partial charge is 0.464 e. The fourth-order valence-corrected chi connectivity index (χ4v) is 0.691. The molecule has 1 saturated heterocycles. The number of carbonyl (C=O) groups is 1. The number of allylic oxidation sites excluding steroid dienone is 1. The van der Waals surface area contributed by atoms with Crippen LogP contribution in [0.15, 0.2) is 12.7 Å². The monoisotopic (exact) mass is 158 g/mol. The second-order valence-electron chi connectivity index (χ2n) is 2.09. The van der Waals surface area contributed by atoms with Gasteiger partial charge in [-0.25, -0.2) is 4.79 Å². The molecular formula is C8H14O3. The third kappa shape index (κ3) is 3.78. The molecule has 0 aliphatic carbocycles. The lowest BCUT2D eigenvalue weighted by Gasteiger charge is -1.98. The molecule has 64 valence electrons. The van der Waals surface area contributed by atoms with Gasteiger partial charge in [0.25, 0.3) is 0 Å². The second-order valence-corrected chi connectivity index (χ2v) is 2.09. The van der Waals surface area contributed by atoms with Crippen molar-refractivity contribution in [1.82, 2.24) is 0 Å². The Bertz CT molecular complexity index is 131. The fourth-order valence-electron chi connectivity index (χ4n) is 0.691. The molecule has 0 aromatic carbocycles. The number of cyclic esters (lactones) is 1. The summed E-state index contributed by atoms with van der Waals surface area (Å²) in [6, 6.07) is 0. The van der Waals surface area contributed by atoms with Crippen LogP contribution in [-0.2, 0) is 14.3 Å². The molecule has 0 N–H and O–H groups in total. The molecule has 3 heteroatoms. The predicted octanol–water partition coefficient (Wildman–Crippen LogP) is 1.14. The lowest BCUT2D eigenvalue weighted by molar-refractivity contribution is -0.145. The second kappa shape index (κ2) is 5.92. The van der Waals surface area contributed by atoms with E-state index in [0.29, 0.717) is 13.0 Å². The smallest absolute Gasteiger partial charge is 0.335 e. The van der Waals surface area contributed by atoms with Crippen LogP contribution in [0.2, 0.25) is 0 Å². The van der Waals surface area contributed by atoms with Gasteiger partial charge in [-0.3, -0.25) is 0 Å². The summed E-state index contributed by atoms with van der Waals surface area (Å²) in [5.41, 5.74) is 0. The molecule has 1 fully saturated rings. The van der Waals surface area contributed by atoms with Gasteiger partial charge < -0.3 is 9.47 Å². The SMILES string of the molecule is C=CC.CO[C@@H]1CCOC1=O. The summed E-state index contributed by atoms with van der Waals surface area (Å²) >= 11 is 0. The Morgan fingerprint density at radius 1 is 1.82 bits per heavy atom. The Balaban J connectivity index is 0.000000292. The summed E-state index contributed by atoms with van der Waals surface area (Å²) in [6.45, 7) is 5.76. The quantitative estimate of drug-likeness (QED) is 0.424. The van der Waals surface area contributed by atoms with Crippen LogP contribution < -0.4 is 0 Å². The molecule has 3 nitrogen and oxygen atoms in total. The molecule has 0 radical (unpaired) electrons. The first kappa shape index (κ1) is 10.2. The number of methoxy groups -OCH3 is 1. The van der Waals surface area contributed by atoms with Crippen molar-refractivity contribution in [3.8, 4) is 0 Å². The summed E-state index contributed by atoms with van der Waals surface area (Å²) in [5.74, 6) is -0.229. The zero-order chi connectivity index (χ0) is 8.69. The van der Waals surface area contributed by atoms with Gasteiger partial charge in [-0.2, -0.15) is 0 Å². The first-order chi connectivity index (χ1) is 5.26. The third-order valence-corrected chi connectivity index (χ3v) is 1.17. The van der Waals surface area contributed by atoms with Gasteiger partial charge in [0, 0.05) is 13.5 Å². The molecule has 1 aliphatic rings. The van der Waals surface area contributed by atoms with Crippen molar-refractivity contribution < 1.29 is 14.3 Å². The minimum absolute atomic E-state index is 0.229. The maximum Gasteiger partial charge on any atom is 0.335 e. The van der Waals surface area contributed by atoms with Crippen molar-refractivity contribution in [2.24, 2.45) is 0 Å². The van der Waals surface area contributed by atoms with Gasteiger partial charge in [0.2, 0.25) is 0 Å². The normalized spacial score (nSPS) is 21.6. The Morgan fingerprint density at radius 2 is 2.36 bits per heavy atom. The zero-order valence-electron chi connectivity index (χ0n) is 7.00. The van der Waals surface area contributed by atoms with Gasteiger partial charge in [-0.05, 0) is 6.92 Å². The van der Waals surface area contributed by atoms with Gasteiger partial charge in [-0.15, -0.1) is 6.58 Å². The van der Waals surface area contributed by atoms with Gasteiger partial charge in [0.05, 0.1) is 6.61 Å². The van der Waals surface area contributed by atoms with Crippen LogP contribution in [-0.4, -0.2) is 25.8 Å². The molecule has 1 atom stereocenters. The molecule has 11 heavy (non-hydrogen) atoms. The first-order valence-corrected chi connectivity index (χ1v) is 3.52. The maximum atomic E-state index is 10.5. The fraction of sp³-hybridized carbons (Fsp3) is 0.625. The highest BCUT2D eigenvalue weighted by Crippen LogP contribution is 2.07. The van der Waals surface area contributed by atoms with E-state index in [0.717, 1.165) is 0 Å². The standard InChI is InChI=1S/C5H8O3.C3H6/c1-7-4-2-3-8-5(4)6;1-3-2/h4H,2-3H2,1H3;3H,1H2,2H3/t4-;/m1./s1. The number of ether oxygens (including phenoxy) is 2. The van der Waals surface area contributed by atoms with E-state index >= 15 is 0 Å². The van der Waals surface area contributed by atoms with Crippen LogP contribution in [0.4, 0.5) is 0 Å². The van der Waals surface area contributed by atoms with Crippen molar-refractivity contribution >= 4 is 5.97 Å². The third-order valence-electron chi connectivity index (χ3n) is 1.17. The van der Waals surface area contributed by atoms with Gasteiger partial charge in [0.1, 0.15) is 0 Å². The molecule has 1 rings (SSSR count). The van der Waals surface area contributed by atoms with E-state index in [4.69, 9.17) is 4.74 Å². The highest BCUT2D eigenvalue weighted by Gasteiger charge is 2.25. The molecule has 0 aromatic rings. The molecule has 1 heterocycles. The Morgan fingerprint density at radius 3 is 2.55 bits per heavy atom. The molecular weight excluding hydrogens is 144 g/mol. The van der Waals surface area contributed by atoms with E-state index in [2.05, 4.69) is 11.3 Å². The Kier molecular flexibility index (Phi) is 5.47. The minimum Gasteiger partial charge on any atom is -0.464 e. The van der Waals surface area contributed by atoms with Gasteiger partial charge >= 0.3 is 5.97 Å². The summed E-state index contributed by atoms with van der Waals surface area (Å²) in [7, 11) is 1.51. The molecule has 0 unspecified atom stereocenters. The topological polar surface area (TPSA) is 35.5 Å². The van der Waals surface area contributed by atoms with E-state index in [9.17, 15) is 4.79 Å². The molecule has 0 amide bonds. The number of esters is 1. The highest BCUT2D eigenvalue weighted by atomic mass is 16.6. The molecule has 0 bridgehead atoms. The van der Waals surface area contributed by atoms with E-state index in [1.165, 1.54) is 7.11 Å². The van der Waals surface area contributed by atoms with Crippen LogP contribution in [0, 0.1) is 0 Å². The lowest BCUT2D eigenvalue weighted by Crippen LogP contribution is -2.15. The van der Waals surface area contributed by atoms with Gasteiger partial charge in [0.15, 0.2) is 6.10 Å². The Labute approximate surface area is 67.0 Å². The van der Waals surface area contributed by atoms with Crippen molar-refractivity contribution in [1.29, 1.82) is 0 Å². The first-order valence-electron chi connectivity index (χ1n) is 3.52. The lowest BCUT2D eigenvalue weighted by atomic mass is 10.3. The summed E-state index contributed by atoms with van der Waals surface area (Å²) in [6.07, 6.45) is 2.16. The number of hydrogen-bond donors (Lipinski definition) is 0. The number of carbonyl (C=O) groups excluding carboxylic acids is 1. The average Bonchev–Trinajstić information content (AvgIpc) is 2.36. The average molecular weight is 158 g/mol. The van der Waals surface area contributed by atoms with Crippen LogP contribution in [0.5, 0.6) is 0 Å². The highest BCUT2D eigenvalue weighted by molar-refractivity contribution is 5.76. The molecule has 1 aliphatic heterocycles. The molecule has 0 spiro atoms. The van der Waals surface area contributed by atoms with E-state index < -0.39 is 0 Å². The zero-order valence-corrected chi connectivity index (χ0v) is 7.00. The van der Waals surface area contributed by atoms with Crippen LogP contribution in [0.25, 0.3) is 0 Å². The molecule has 0 saturated carbocycles. The molecule has 0 aromatic heterocycles. The Hall–Kier alpha value is -0.830. The summed E-state index contributed by atoms with van der Waals surface area (Å²) in [4.78, 5) is 10.5. The maximum absolute atomic E-state index is 10.5. The van der Waals surface area contributed by atoms with E-state index in [1.54, 1.807) is 6.08 Å². The van der Waals surface area contributed by atoms with Crippen molar-refractivity contribution in [3.05, 3.63) is 12.7 Å². The van der Waals surface area contributed by atoms with E-state index in [1.807, 2.05) is 6.92 Å². The van der Waals surface area contributed by atoms with Crippen molar-refractivity contribution in [3.63, 3.8) is 0 Å². The van der Waals surface area contributed by atoms with Crippen LogP contribution >= 0.6 is 0 Å². The van der Waals surface area contributed by atoms with E-state index in [-0.39, 0.29) is 12.1 Å². The summed E-state index contributed by atoms with van der Waals surface area (Å²) in [5, 5.41) is 0. The number of rotatable bonds is 1. The van der Waals surface area contributed by atoms with Gasteiger partial charge in [-0.1, -0.05) is 6.08 Å². The van der Waals surface area contributed by atoms with Crippen LogP contribution in [0.1, 0.15) is 13.3 Å². The van der Waals surface area contributed by atoms with Crippen molar-refractivity contribution in [2.75, 3.05) is 13.7 Å². The number of hydrogen-bond acceptors (Lipinski definition) is 3. The summed E-state index contributed by atoms with van der Waals surface area (Å²) < 4.78 is 9.34. The van der Waals surface area contributed by atoms with Crippen LogP contribution in [0.3, 0.4) is 0 Å².